The molecule has 138 valence electrons. The zero-order valence-corrected chi connectivity index (χ0v) is 15.2. The highest BCUT2D eigenvalue weighted by Gasteiger charge is 2.20. The smallest absolute Gasteiger partial charge is 0.196 e. The molecule has 4 aromatic rings. The molecule has 0 spiro atoms. The van der Waals surface area contributed by atoms with E-state index in [2.05, 4.69) is 4.98 Å². The van der Waals surface area contributed by atoms with Gasteiger partial charge in [0.15, 0.2) is 17.2 Å². The summed E-state index contributed by atoms with van der Waals surface area (Å²) in [6.45, 7) is 0.511. The summed E-state index contributed by atoms with van der Waals surface area (Å²) < 4.78 is 6.02. The number of aliphatic hydroxyl groups is 2. The van der Waals surface area contributed by atoms with E-state index >= 15 is 0 Å². The second-order valence-corrected chi connectivity index (χ2v) is 6.52. The van der Waals surface area contributed by atoms with Crippen molar-refractivity contribution in [2.75, 3.05) is 31.2 Å². The second kappa shape index (κ2) is 7.52. The van der Waals surface area contributed by atoms with Gasteiger partial charge in [0, 0.05) is 29.1 Å². The van der Waals surface area contributed by atoms with E-state index in [4.69, 9.17) is 21.0 Å². The zero-order chi connectivity index (χ0) is 18.8. The minimum Gasteiger partial charge on any atom is -0.450 e. The van der Waals surface area contributed by atoms with E-state index in [1.807, 2.05) is 36.4 Å². The van der Waals surface area contributed by atoms with E-state index in [-0.39, 0.29) is 13.2 Å². The number of hydrogen-bond donors (Lipinski definition) is 2. The van der Waals surface area contributed by atoms with E-state index in [0.717, 1.165) is 10.9 Å². The van der Waals surface area contributed by atoms with Gasteiger partial charge < -0.3 is 19.5 Å². The van der Waals surface area contributed by atoms with E-state index < -0.39 is 0 Å². The van der Waals surface area contributed by atoms with Crippen LogP contribution >= 0.6 is 11.6 Å². The summed E-state index contributed by atoms with van der Waals surface area (Å²) in [5.74, 6) is 1.07. The first-order valence-electron chi connectivity index (χ1n) is 8.63. The normalized spacial score (nSPS) is 11.4. The molecule has 2 aromatic carbocycles. The molecule has 0 fully saturated rings. The number of fused-ring (bicyclic) bond motifs is 3. The van der Waals surface area contributed by atoms with E-state index in [1.165, 1.54) is 0 Å². The van der Waals surface area contributed by atoms with Crippen LogP contribution in [0.3, 0.4) is 0 Å². The van der Waals surface area contributed by atoms with Crippen molar-refractivity contribution >= 4 is 39.5 Å². The minimum absolute atomic E-state index is 0.0675. The summed E-state index contributed by atoms with van der Waals surface area (Å²) >= 11 is 6.00. The maximum absolute atomic E-state index is 9.44. The maximum Gasteiger partial charge on any atom is 0.196 e. The van der Waals surface area contributed by atoms with Crippen LogP contribution in [0.4, 0.5) is 5.82 Å². The van der Waals surface area contributed by atoms with Crippen molar-refractivity contribution in [3.05, 3.63) is 53.6 Å². The predicted molar refractivity (Wildman–Crippen MR) is 106 cm³/mol. The van der Waals surface area contributed by atoms with Crippen molar-refractivity contribution in [2.45, 2.75) is 0 Å². The summed E-state index contributed by atoms with van der Waals surface area (Å²) in [7, 11) is 0. The van der Waals surface area contributed by atoms with E-state index in [1.54, 1.807) is 17.0 Å². The fraction of sp³-hybridized carbons (Fsp3) is 0.200. The molecular weight excluding hydrogens is 366 g/mol. The lowest BCUT2D eigenvalue weighted by atomic mass is 10.2. The van der Waals surface area contributed by atoms with Crippen molar-refractivity contribution in [3.63, 3.8) is 0 Å². The molecule has 6 nitrogen and oxygen atoms in total. The van der Waals surface area contributed by atoms with Gasteiger partial charge in [0.25, 0.3) is 0 Å². The van der Waals surface area contributed by atoms with Crippen molar-refractivity contribution in [2.24, 2.45) is 0 Å². The zero-order valence-electron chi connectivity index (χ0n) is 14.5. The molecular formula is C20H18ClN3O3. The highest BCUT2D eigenvalue weighted by molar-refractivity contribution is 6.30. The monoisotopic (exact) mass is 383 g/mol. The SMILES string of the molecule is OCCN(CCO)c1nc(-c2ccc(Cl)cc2)nc2c1oc1ccccc12. The first kappa shape index (κ1) is 17.7. The van der Waals surface area contributed by atoms with Gasteiger partial charge in [-0.1, -0.05) is 23.7 Å². The summed E-state index contributed by atoms with van der Waals surface area (Å²) in [5.41, 5.74) is 2.77. The summed E-state index contributed by atoms with van der Waals surface area (Å²) in [4.78, 5) is 11.2. The van der Waals surface area contributed by atoms with E-state index in [9.17, 15) is 10.2 Å². The van der Waals surface area contributed by atoms with Crippen molar-refractivity contribution in [1.82, 2.24) is 9.97 Å². The van der Waals surface area contributed by atoms with Gasteiger partial charge in [-0.05, 0) is 36.4 Å². The number of nitrogens with zero attached hydrogens (tertiary/aromatic N) is 3. The van der Waals surface area contributed by atoms with Crippen LogP contribution in [0.1, 0.15) is 0 Å². The average molecular weight is 384 g/mol. The Bertz CT molecular complexity index is 1070. The maximum atomic E-state index is 9.44. The summed E-state index contributed by atoms with van der Waals surface area (Å²) in [6, 6.07) is 15.0. The third kappa shape index (κ3) is 3.35. The molecule has 4 rings (SSSR count). The number of halogens is 1. The molecule has 0 radical (unpaired) electrons. The van der Waals surface area contributed by atoms with Crippen molar-refractivity contribution in [1.29, 1.82) is 0 Å². The van der Waals surface area contributed by atoms with Crippen LogP contribution in [-0.4, -0.2) is 46.5 Å². The molecule has 2 heterocycles. The van der Waals surface area contributed by atoms with E-state index in [0.29, 0.717) is 46.4 Å². The Hall–Kier alpha value is -2.67. The molecule has 27 heavy (non-hydrogen) atoms. The largest absolute Gasteiger partial charge is 0.450 e. The van der Waals surface area contributed by atoms with Crippen LogP contribution in [-0.2, 0) is 0 Å². The molecule has 0 aliphatic rings. The Morgan fingerprint density at radius 2 is 1.63 bits per heavy atom. The van der Waals surface area contributed by atoms with Crippen LogP contribution in [0.2, 0.25) is 5.02 Å². The number of para-hydroxylation sites is 1. The molecule has 0 bridgehead atoms. The lowest BCUT2D eigenvalue weighted by Gasteiger charge is -2.22. The average Bonchev–Trinajstić information content (AvgIpc) is 3.06. The Morgan fingerprint density at radius 3 is 2.33 bits per heavy atom. The number of aromatic nitrogens is 2. The lowest BCUT2D eigenvalue weighted by molar-refractivity contribution is 0.280. The molecule has 2 aromatic heterocycles. The molecule has 0 aliphatic heterocycles. The Kier molecular flexibility index (Phi) is 4.94. The Balaban J connectivity index is 1.99. The summed E-state index contributed by atoms with van der Waals surface area (Å²) in [6.07, 6.45) is 0. The number of furan rings is 1. The molecule has 0 saturated carbocycles. The molecule has 7 heteroatoms. The fourth-order valence-corrected chi connectivity index (χ4v) is 3.21. The number of hydrogen-bond acceptors (Lipinski definition) is 6. The Labute approximate surface area is 160 Å². The van der Waals surface area contributed by atoms with Crippen molar-refractivity contribution in [3.8, 4) is 11.4 Å². The Morgan fingerprint density at radius 1 is 0.926 bits per heavy atom. The van der Waals surface area contributed by atoms with Gasteiger partial charge >= 0.3 is 0 Å². The topological polar surface area (TPSA) is 82.6 Å². The highest BCUT2D eigenvalue weighted by Crippen LogP contribution is 2.34. The molecule has 0 aliphatic carbocycles. The minimum atomic E-state index is -0.0675. The van der Waals surface area contributed by atoms with Gasteiger partial charge in [-0.3, -0.25) is 0 Å². The molecule has 0 saturated heterocycles. The van der Waals surface area contributed by atoms with Crippen LogP contribution in [0.25, 0.3) is 33.5 Å². The molecule has 0 unspecified atom stereocenters. The quantitative estimate of drug-likeness (QED) is 0.530. The molecule has 0 amide bonds. The van der Waals surface area contributed by atoms with Gasteiger partial charge in [-0.15, -0.1) is 0 Å². The van der Waals surface area contributed by atoms with Crippen LogP contribution in [0.15, 0.2) is 52.9 Å². The van der Waals surface area contributed by atoms with Gasteiger partial charge in [-0.2, -0.15) is 0 Å². The van der Waals surface area contributed by atoms with Gasteiger partial charge in [0.1, 0.15) is 11.1 Å². The predicted octanol–water partition coefficient (Wildman–Crippen LogP) is 3.49. The number of anilines is 1. The second-order valence-electron chi connectivity index (χ2n) is 6.09. The third-order valence-corrected chi connectivity index (χ3v) is 4.60. The van der Waals surface area contributed by atoms with Crippen LogP contribution in [0, 0.1) is 0 Å². The lowest BCUT2D eigenvalue weighted by Crippen LogP contribution is -2.30. The molecule has 0 atom stereocenters. The molecule has 2 N–H and O–H groups in total. The standard InChI is InChI=1S/C20H18ClN3O3/c21-14-7-5-13(6-8-14)19-22-17-15-3-1-2-4-16(15)27-18(17)20(23-19)24(9-11-25)10-12-26/h1-8,25-26H,9-12H2. The fourth-order valence-electron chi connectivity index (χ4n) is 3.08. The van der Waals surface area contributed by atoms with Gasteiger partial charge in [0.2, 0.25) is 0 Å². The highest BCUT2D eigenvalue weighted by atomic mass is 35.5. The van der Waals surface area contributed by atoms with Crippen LogP contribution < -0.4 is 4.90 Å². The van der Waals surface area contributed by atoms with Crippen LogP contribution in [0.5, 0.6) is 0 Å². The first-order valence-corrected chi connectivity index (χ1v) is 9.01. The number of benzene rings is 2. The van der Waals surface area contributed by atoms with Crippen molar-refractivity contribution < 1.29 is 14.6 Å². The number of rotatable bonds is 6. The summed E-state index contributed by atoms with van der Waals surface area (Å²) in [5, 5.41) is 20.4. The van der Waals surface area contributed by atoms with Gasteiger partial charge in [0.05, 0.1) is 13.2 Å². The third-order valence-electron chi connectivity index (χ3n) is 4.34. The first-order chi connectivity index (χ1) is 13.2. The number of aliphatic hydroxyl groups excluding tert-OH is 2. The van der Waals surface area contributed by atoms with Gasteiger partial charge in [-0.25, -0.2) is 9.97 Å².